The predicted molar refractivity (Wildman–Crippen MR) is 86.4 cm³/mol. The van der Waals surface area contributed by atoms with Crippen molar-refractivity contribution in [3.63, 3.8) is 0 Å². The first kappa shape index (κ1) is 14.7. The van der Waals surface area contributed by atoms with Crippen molar-refractivity contribution in [1.29, 1.82) is 0 Å². The van der Waals surface area contributed by atoms with Crippen LogP contribution in [-0.4, -0.2) is 12.8 Å². The van der Waals surface area contributed by atoms with Crippen LogP contribution in [0.4, 0.5) is 5.69 Å². The fourth-order valence-corrected chi connectivity index (χ4v) is 2.73. The van der Waals surface area contributed by atoms with Crippen LogP contribution < -0.4 is 15.2 Å². The number of fused-ring (bicyclic) bond motifs is 1. The van der Waals surface area contributed by atoms with Crippen LogP contribution in [0.3, 0.4) is 0 Å². The zero-order chi connectivity index (χ0) is 15.7. The maximum atomic E-state index is 12.1. The molecule has 0 radical (unpaired) electrons. The van der Waals surface area contributed by atoms with Crippen molar-refractivity contribution in [2.75, 3.05) is 12.1 Å². The third-order valence-electron chi connectivity index (χ3n) is 3.69. The molecule has 0 unspecified atom stereocenters. The summed E-state index contributed by atoms with van der Waals surface area (Å²) in [6, 6.07) is 7.11. The smallest absolute Gasteiger partial charge is 0.225 e. The van der Waals surface area contributed by atoms with E-state index in [0.29, 0.717) is 22.6 Å². The van der Waals surface area contributed by atoms with Crippen molar-refractivity contribution in [3.05, 3.63) is 52.5 Å². The Bertz CT molecular complexity index is 773. The first-order valence-corrected chi connectivity index (χ1v) is 7.47. The zero-order valence-corrected chi connectivity index (χ0v) is 12.9. The third kappa shape index (κ3) is 2.99. The molecule has 1 aromatic heterocycles. The van der Waals surface area contributed by atoms with Crippen LogP contribution in [0.1, 0.15) is 19.3 Å². The number of benzene rings is 1. The van der Waals surface area contributed by atoms with E-state index in [0.717, 1.165) is 28.7 Å². The second-order valence-electron chi connectivity index (χ2n) is 5.39. The maximum Gasteiger partial charge on any atom is 0.225 e. The number of carbonyl (C=O) groups excluding carboxylic acids is 1. The number of halogens is 1. The van der Waals surface area contributed by atoms with Gasteiger partial charge >= 0.3 is 0 Å². The highest BCUT2D eigenvalue weighted by molar-refractivity contribution is 6.31. The number of hydrogen-bond donors (Lipinski definition) is 1. The SMILES string of the molecule is CN(NC1=CC(=O)CCC1)c1cc2ccc(Cl)cc2[n+]([O-])c1. The number of rotatable bonds is 3. The van der Waals surface area contributed by atoms with E-state index in [1.165, 1.54) is 6.20 Å². The molecule has 1 heterocycles. The van der Waals surface area contributed by atoms with Crippen molar-refractivity contribution in [1.82, 2.24) is 5.43 Å². The van der Waals surface area contributed by atoms with Crippen LogP contribution in [0.5, 0.6) is 0 Å². The average Bonchev–Trinajstić information content (AvgIpc) is 2.48. The van der Waals surface area contributed by atoms with Gasteiger partial charge in [0.05, 0.1) is 0 Å². The number of hydrazine groups is 1. The van der Waals surface area contributed by atoms with Gasteiger partial charge in [-0.05, 0) is 31.0 Å². The van der Waals surface area contributed by atoms with Gasteiger partial charge in [-0.3, -0.25) is 9.80 Å². The first-order chi connectivity index (χ1) is 10.5. The highest BCUT2D eigenvalue weighted by Crippen LogP contribution is 2.21. The maximum absolute atomic E-state index is 12.1. The molecule has 0 saturated carbocycles. The van der Waals surface area contributed by atoms with E-state index in [2.05, 4.69) is 5.43 Å². The summed E-state index contributed by atoms with van der Waals surface area (Å²) in [4.78, 5) is 11.5. The highest BCUT2D eigenvalue weighted by Gasteiger charge is 2.14. The van der Waals surface area contributed by atoms with Crippen molar-refractivity contribution < 1.29 is 9.52 Å². The molecule has 2 aromatic rings. The summed E-state index contributed by atoms with van der Waals surface area (Å²) in [6.07, 6.45) is 5.40. The van der Waals surface area contributed by atoms with E-state index in [1.807, 2.05) is 19.2 Å². The Kier molecular flexibility index (Phi) is 3.90. The fraction of sp³-hybridized carbons (Fsp3) is 0.250. The molecule has 22 heavy (non-hydrogen) atoms. The predicted octanol–water partition coefficient (Wildman–Crippen LogP) is 2.70. The van der Waals surface area contributed by atoms with Crippen molar-refractivity contribution in [2.24, 2.45) is 0 Å². The van der Waals surface area contributed by atoms with Gasteiger partial charge in [-0.15, -0.1) is 0 Å². The van der Waals surface area contributed by atoms with Gasteiger partial charge in [-0.1, -0.05) is 11.6 Å². The number of anilines is 1. The fourth-order valence-electron chi connectivity index (χ4n) is 2.56. The molecule has 5 nitrogen and oxygen atoms in total. The van der Waals surface area contributed by atoms with Crippen LogP contribution in [-0.2, 0) is 4.79 Å². The van der Waals surface area contributed by atoms with E-state index in [1.54, 1.807) is 23.2 Å². The van der Waals surface area contributed by atoms with Gasteiger partial charge in [0.1, 0.15) is 5.69 Å². The zero-order valence-electron chi connectivity index (χ0n) is 12.2. The lowest BCUT2D eigenvalue weighted by Gasteiger charge is -2.24. The molecule has 0 fully saturated rings. The number of allylic oxidation sites excluding steroid dienone is 2. The number of ketones is 1. The summed E-state index contributed by atoms with van der Waals surface area (Å²) in [7, 11) is 1.82. The number of pyridine rings is 1. The van der Waals surface area contributed by atoms with Gasteiger partial charge in [-0.25, -0.2) is 0 Å². The van der Waals surface area contributed by atoms with Crippen LogP contribution in [0.2, 0.25) is 5.02 Å². The molecule has 0 aliphatic heterocycles. The number of nitrogens with zero attached hydrogens (tertiary/aromatic N) is 2. The molecule has 1 N–H and O–H groups in total. The van der Waals surface area contributed by atoms with Crippen molar-refractivity contribution in [3.8, 4) is 0 Å². The Morgan fingerprint density at radius 1 is 1.32 bits per heavy atom. The number of hydrogen-bond acceptors (Lipinski definition) is 4. The summed E-state index contributed by atoms with van der Waals surface area (Å²) in [5, 5.41) is 15.2. The summed E-state index contributed by atoms with van der Waals surface area (Å²) >= 11 is 5.92. The van der Waals surface area contributed by atoms with E-state index in [-0.39, 0.29) is 5.78 Å². The quantitative estimate of drug-likeness (QED) is 0.537. The molecular formula is C16H16ClN3O2. The lowest BCUT2D eigenvalue weighted by molar-refractivity contribution is -0.576. The van der Waals surface area contributed by atoms with E-state index >= 15 is 0 Å². The first-order valence-electron chi connectivity index (χ1n) is 7.09. The monoisotopic (exact) mass is 317 g/mol. The van der Waals surface area contributed by atoms with E-state index < -0.39 is 0 Å². The molecule has 1 aliphatic rings. The molecule has 114 valence electrons. The number of aromatic nitrogens is 1. The minimum atomic E-state index is 0.134. The molecule has 1 aliphatic carbocycles. The van der Waals surface area contributed by atoms with Gasteiger partial charge in [0.25, 0.3) is 0 Å². The Morgan fingerprint density at radius 3 is 2.91 bits per heavy atom. The Hall–Kier alpha value is -2.27. The second-order valence-corrected chi connectivity index (χ2v) is 5.82. The summed E-state index contributed by atoms with van der Waals surface area (Å²) in [5.41, 5.74) is 5.27. The second kappa shape index (κ2) is 5.85. The number of nitrogens with one attached hydrogen (secondary N) is 1. The van der Waals surface area contributed by atoms with Crippen molar-refractivity contribution in [2.45, 2.75) is 19.3 Å². The Morgan fingerprint density at radius 2 is 2.14 bits per heavy atom. The Labute approximate surface area is 133 Å². The van der Waals surface area contributed by atoms with Crippen LogP contribution in [0.25, 0.3) is 10.9 Å². The molecule has 0 spiro atoms. The summed E-state index contributed by atoms with van der Waals surface area (Å²) in [5.74, 6) is 0.134. The molecule has 3 rings (SSSR count). The number of carbonyl (C=O) groups is 1. The van der Waals surface area contributed by atoms with Gasteiger partial charge in [-0.2, -0.15) is 4.73 Å². The van der Waals surface area contributed by atoms with Crippen LogP contribution >= 0.6 is 11.6 Å². The average molecular weight is 318 g/mol. The Balaban J connectivity index is 1.89. The van der Waals surface area contributed by atoms with Gasteiger partial charge in [0.15, 0.2) is 5.78 Å². The minimum Gasteiger partial charge on any atom is -0.618 e. The third-order valence-corrected chi connectivity index (χ3v) is 3.92. The summed E-state index contributed by atoms with van der Waals surface area (Å²) < 4.78 is 0.801. The molecule has 0 atom stereocenters. The van der Waals surface area contributed by atoms with Gasteiger partial charge in [0, 0.05) is 41.7 Å². The van der Waals surface area contributed by atoms with E-state index in [9.17, 15) is 10.0 Å². The molecule has 0 amide bonds. The molecular weight excluding hydrogens is 302 g/mol. The lowest BCUT2D eigenvalue weighted by Crippen LogP contribution is -2.37. The largest absolute Gasteiger partial charge is 0.618 e. The summed E-state index contributed by atoms with van der Waals surface area (Å²) in [6.45, 7) is 0. The van der Waals surface area contributed by atoms with Crippen molar-refractivity contribution >= 4 is 34.0 Å². The highest BCUT2D eigenvalue weighted by atomic mass is 35.5. The van der Waals surface area contributed by atoms with Crippen LogP contribution in [0, 0.1) is 5.21 Å². The molecule has 6 heteroatoms. The van der Waals surface area contributed by atoms with Gasteiger partial charge in [0.2, 0.25) is 11.7 Å². The normalized spacial score (nSPS) is 14.8. The van der Waals surface area contributed by atoms with Gasteiger partial charge < -0.3 is 10.6 Å². The molecule has 1 aromatic carbocycles. The standard InChI is InChI=1S/C16H16ClN3O2/c1-19(18-13-3-2-4-15(21)9-13)14-7-11-5-6-12(17)8-16(11)20(22)10-14/h5-10,18H,2-4H2,1H3. The topological polar surface area (TPSA) is 59.3 Å². The lowest BCUT2D eigenvalue weighted by atomic mass is 10.0. The van der Waals surface area contributed by atoms with E-state index in [4.69, 9.17) is 11.6 Å². The van der Waals surface area contributed by atoms with Crippen LogP contribution in [0.15, 0.2) is 42.2 Å². The molecule has 0 bridgehead atoms. The minimum absolute atomic E-state index is 0.134. The molecule has 0 saturated heterocycles.